The molecule has 1 aliphatic heterocycles. The minimum atomic E-state index is -1.58. The summed E-state index contributed by atoms with van der Waals surface area (Å²) in [5, 5.41) is 41.0. The first kappa shape index (κ1) is 20.5. The maximum Gasteiger partial charge on any atom is 0.220 e. The molecule has 0 saturated carbocycles. The van der Waals surface area contributed by atoms with E-state index in [0.29, 0.717) is 5.56 Å². The molecule has 1 amide bonds. The molecule has 2 rings (SSSR count). The summed E-state index contributed by atoms with van der Waals surface area (Å²) in [5.74, 6) is -0.756. The van der Waals surface area contributed by atoms with Gasteiger partial charge < -0.3 is 30.5 Å². The summed E-state index contributed by atoms with van der Waals surface area (Å²) in [4.78, 5) is 24.2. The molecule has 1 aromatic carbocycles. The molecule has 26 heavy (non-hydrogen) atoms. The standard InChI is InChI=1S/C18H25NO7/c1-9-3-4-11(7-10(9)2)12(21)5-6-14(22)19-15-17(24)16(23)13(8-20)26-18(15)25/h3-4,7,13,15-18,20,23-25H,5-6,8H2,1-2H3,(H,19,22)/t13-,15?,16?,17-,18?/m1/s1. The van der Waals surface area contributed by atoms with E-state index in [4.69, 9.17) is 9.84 Å². The van der Waals surface area contributed by atoms with Crippen LogP contribution >= 0.6 is 0 Å². The van der Waals surface area contributed by atoms with E-state index in [1.165, 1.54) is 0 Å². The van der Waals surface area contributed by atoms with Crippen molar-refractivity contribution in [2.24, 2.45) is 0 Å². The minimum Gasteiger partial charge on any atom is -0.394 e. The van der Waals surface area contributed by atoms with Crippen molar-refractivity contribution >= 4 is 11.7 Å². The lowest BCUT2D eigenvalue weighted by molar-refractivity contribution is -0.253. The van der Waals surface area contributed by atoms with Gasteiger partial charge in [0.2, 0.25) is 5.91 Å². The van der Waals surface area contributed by atoms with Crippen LogP contribution in [0.4, 0.5) is 0 Å². The third-order valence-corrected chi connectivity index (χ3v) is 4.64. The average Bonchev–Trinajstić information content (AvgIpc) is 2.61. The normalized spacial score (nSPS) is 28.6. The molecule has 3 unspecified atom stereocenters. The van der Waals surface area contributed by atoms with Crippen LogP contribution in [0.1, 0.15) is 34.3 Å². The highest BCUT2D eigenvalue weighted by Crippen LogP contribution is 2.20. The van der Waals surface area contributed by atoms with Crippen LogP contribution in [0.2, 0.25) is 0 Å². The number of Topliss-reactive ketones (excluding diaryl/α,β-unsaturated/α-hetero) is 1. The Kier molecular flexibility index (Phi) is 6.85. The van der Waals surface area contributed by atoms with Gasteiger partial charge in [-0.05, 0) is 31.0 Å². The zero-order valence-electron chi connectivity index (χ0n) is 14.8. The summed E-state index contributed by atoms with van der Waals surface area (Å²) in [5.41, 5.74) is 2.57. The molecule has 1 heterocycles. The van der Waals surface area contributed by atoms with Crippen LogP contribution in [-0.2, 0) is 9.53 Å². The van der Waals surface area contributed by atoms with Crippen molar-refractivity contribution in [3.05, 3.63) is 34.9 Å². The van der Waals surface area contributed by atoms with Gasteiger partial charge in [-0.25, -0.2) is 0 Å². The second-order valence-corrected chi connectivity index (χ2v) is 6.54. The molecule has 0 bridgehead atoms. The van der Waals surface area contributed by atoms with Gasteiger partial charge in [-0.15, -0.1) is 0 Å². The Hall–Kier alpha value is -1.84. The minimum absolute atomic E-state index is 0.0318. The molecule has 1 saturated heterocycles. The number of hydrogen-bond acceptors (Lipinski definition) is 7. The average molecular weight is 367 g/mol. The van der Waals surface area contributed by atoms with Crippen LogP contribution < -0.4 is 5.32 Å². The molecule has 8 heteroatoms. The van der Waals surface area contributed by atoms with Gasteiger partial charge >= 0.3 is 0 Å². The van der Waals surface area contributed by atoms with Crippen LogP contribution in [0.15, 0.2) is 18.2 Å². The molecule has 144 valence electrons. The number of aryl methyl sites for hydroxylation is 2. The first-order chi connectivity index (χ1) is 12.2. The van der Waals surface area contributed by atoms with Crippen molar-refractivity contribution in [1.29, 1.82) is 0 Å². The van der Waals surface area contributed by atoms with Crippen molar-refractivity contribution in [2.45, 2.75) is 57.3 Å². The number of aliphatic hydroxyl groups is 4. The zero-order chi connectivity index (χ0) is 19.4. The second kappa shape index (κ2) is 8.70. The number of ether oxygens (including phenoxy) is 1. The zero-order valence-corrected chi connectivity index (χ0v) is 14.8. The predicted octanol–water partition coefficient (Wildman–Crippen LogP) is -0.818. The monoisotopic (exact) mass is 367 g/mol. The van der Waals surface area contributed by atoms with Gasteiger partial charge in [0.25, 0.3) is 0 Å². The number of carbonyl (C=O) groups is 2. The fourth-order valence-corrected chi connectivity index (χ4v) is 2.80. The Bertz CT molecular complexity index is 663. The largest absolute Gasteiger partial charge is 0.394 e. The van der Waals surface area contributed by atoms with Crippen LogP contribution in [0, 0.1) is 13.8 Å². The van der Waals surface area contributed by atoms with E-state index in [1.807, 2.05) is 19.9 Å². The van der Waals surface area contributed by atoms with Crippen LogP contribution in [0.3, 0.4) is 0 Å². The number of benzene rings is 1. The quantitative estimate of drug-likeness (QED) is 0.415. The van der Waals surface area contributed by atoms with Gasteiger partial charge in [-0.3, -0.25) is 9.59 Å². The van der Waals surface area contributed by atoms with Gasteiger partial charge in [0.15, 0.2) is 12.1 Å². The summed E-state index contributed by atoms with van der Waals surface area (Å²) < 4.78 is 4.96. The van der Waals surface area contributed by atoms with Crippen molar-refractivity contribution in [3.63, 3.8) is 0 Å². The number of amides is 1. The maximum atomic E-state index is 12.2. The molecule has 0 aliphatic carbocycles. The van der Waals surface area contributed by atoms with E-state index in [2.05, 4.69) is 5.32 Å². The molecule has 1 fully saturated rings. The third kappa shape index (κ3) is 4.66. The third-order valence-electron chi connectivity index (χ3n) is 4.64. The van der Waals surface area contributed by atoms with Crippen LogP contribution in [0.5, 0.6) is 0 Å². The van der Waals surface area contributed by atoms with Crippen molar-refractivity contribution < 1.29 is 34.8 Å². The number of rotatable bonds is 6. The van der Waals surface area contributed by atoms with Gasteiger partial charge in [0, 0.05) is 18.4 Å². The lowest BCUT2D eigenvalue weighted by atomic mass is 9.96. The highest BCUT2D eigenvalue weighted by molar-refractivity contribution is 5.98. The summed E-state index contributed by atoms with van der Waals surface area (Å²) in [7, 11) is 0. The smallest absolute Gasteiger partial charge is 0.220 e. The number of hydrogen-bond donors (Lipinski definition) is 5. The van der Waals surface area contributed by atoms with Gasteiger partial charge in [0.05, 0.1) is 6.61 Å². The fourth-order valence-electron chi connectivity index (χ4n) is 2.80. The lowest BCUT2D eigenvalue weighted by Gasteiger charge is -2.40. The Morgan fingerprint density at radius 2 is 1.77 bits per heavy atom. The summed E-state index contributed by atoms with van der Waals surface area (Å²) in [6, 6.07) is 4.06. The highest BCUT2D eigenvalue weighted by atomic mass is 16.6. The lowest BCUT2D eigenvalue weighted by Crippen LogP contribution is -2.64. The number of nitrogens with one attached hydrogen (secondary N) is 1. The van der Waals surface area contributed by atoms with E-state index in [1.54, 1.807) is 12.1 Å². The van der Waals surface area contributed by atoms with Gasteiger partial charge in [-0.2, -0.15) is 0 Å². The van der Waals surface area contributed by atoms with Crippen LogP contribution in [-0.4, -0.2) is 69.4 Å². The van der Waals surface area contributed by atoms with Crippen molar-refractivity contribution in [1.82, 2.24) is 5.32 Å². The number of carbonyl (C=O) groups excluding carboxylic acids is 2. The topological polar surface area (TPSA) is 136 Å². The van der Waals surface area contributed by atoms with Gasteiger partial charge in [-0.1, -0.05) is 12.1 Å². The summed E-state index contributed by atoms with van der Waals surface area (Å²) in [6.07, 6.45) is -5.84. The van der Waals surface area contributed by atoms with E-state index >= 15 is 0 Å². The molecule has 1 aliphatic rings. The maximum absolute atomic E-state index is 12.2. The fraction of sp³-hybridized carbons (Fsp3) is 0.556. The molecule has 5 atom stereocenters. The number of ketones is 1. The van der Waals surface area contributed by atoms with Crippen molar-refractivity contribution in [2.75, 3.05) is 6.61 Å². The highest BCUT2D eigenvalue weighted by Gasteiger charge is 2.44. The van der Waals surface area contributed by atoms with E-state index in [9.17, 15) is 24.9 Å². The molecule has 1 aromatic rings. The summed E-state index contributed by atoms with van der Waals surface area (Å²) in [6.45, 7) is 3.26. The van der Waals surface area contributed by atoms with E-state index in [0.717, 1.165) is 11.1 Å². The predicted molar refractivity (Wildman–Crippen MR) is 91.4 cm³/mol. The van der Waals surface area contributed by atoms with E-state index in [-0.39, 0.29) is 18.6 Å². The van der Waals surface area contributed by atoms with Gasteiger partial charge in [0.1, 0.15) is 24.4 Å². The molecule has 0 radical (unpaired) electrons. The second-order valence-electron chi connectivity index (χ2n) is 6.54. The first-order valence-corrected chi connectivity index (χ1v) is 8.45. The molecular formula is C18H25NO7. The Balaban J connectivity index is 1.90. The molecule has 0 aromatic heterocycles. The summed E-state index contributed by atoms with van der Waals surface area (Å²) >= 11 is 0. The Morgan fingerprint density at radius 3 is 2.38 bits per heavy atom. The first-order valence-electron chi connectivity index (χ1n) is 8.45. The molecule has 5 N–H and O–H groups in total. The van der Waals surface area contributed by atoms with Crippen molar-refractivity contribution in [3.8, 4) is 0 Å². The molecule has 8 nitrogen and oxygen atoms in total. The molecule has 0 spiro atoms. The SMILES string of the molecule is Cc1ccc(C(=O)CCC(=O)NC2C(O)O[C@H](CO)C(O)[C@@H]2O)cc1C. The Labute approximate surface area is 151 Å². The van der Waals surface area contributed by atoms with Crippen LogP contribution in [0.25, 0.3) is 0 Å². The Morgan fingerprint density at radius 1 is 1.08 bits per heavy atom. The number of aliphatic hydroxyl groups excluding tert-OH is 4. The van der Waals surface area contributed by atoms with E-state index < -0.39 is 43.2 Å². The molecular weight excluding hydrogens is 342 g/mol.